The molecule has 3 nitrogen and oxygen atoms in total. The van der Waals surface area contributed by atoms with Gasteiger partial charge < -0.3 is 10.4 Å². The van der Waals surface area contributed by atoms with E-state index < -0.39 is 0 Å². The largest absolute Gasteiger partial charge is 0.396 e. The highest BCUT2D eigenvalue weighted by molar-refractivity contribution is 8.00. The van der Waals surface area contributed by atoms with Crippen LogP contribution < -0.4 is 5.32 Å². The number of rotatable bonds is 6. The van der Waals surface area contributed by atoms with Gasteiger partial charge in [-0.15, -0.1) is 11.8 Å². The van der Waals surface area contributed by atoms with Gasteiger partial charge in [-0.1, -0.05) is 6.92 Å². The molecule has 1 rings (SSSR count). The molecule has 1 atom stereocenters. The lowest BCUT2D eigenvalue weighted by molar-refractivity contribution is -0.118. The molecule has 0 aromatic heterocycles. The van der Waals surface area contributed by atoms with Crippen molar-refractivity contribution in [3.05, 3.63) is 30.1 Å². The van der Waals surface area contributed by atoms with Crippen LogP contribution >= 0.6 is 11.8 Å². The van der Waals surface area contributed by atoms with E-state index in [2.05, 4.69) is 5.32 Å². The van der Waals surface area contributed by atoms with E-state index in [1.807, 2.05) is 6.92 Å². The van der Waals surface area contributed by atoms with Crippen molar-refractivity contribution >= 4 is 17.7 Å². The summed E-state index contributed by atoms with van der Waals surface area (Å²) in [5.74, 6) is -0.00554. The number of aliphatic hydroxyl groups excluding tert-OH is 1. The van der Waals surface area contributed by atoms with Crippen molar-refractivity contribution in [3.63, 3.8) is 0 Å². The van der Waals surface area contributed by atoms with Gasteiger partial charge in [0.2, 0.25) is 5.91 Å². The third-order valence-electron chi connectivity index (χ3n) is 2.14. The molecule has 0 bridgehead atoms. The van der Waals surface area contributed by atoms with Crippen molar-refractivity contribution in [3.8, 4) is 0 Å². The molecule has 1 aromatic carbocycles. The van der Waals surface area contributed by atoms with Gasteiger partial charge >= 0.3 is 0 Å². The Morgan fingerprint density at radius 2 is 2.12 bits per heavy atom. The number of halogens is 1. The molecule has 1 amide bonds. The summed E-state index contributed by atoms with van der Waals surface area (Å²) in [6, 6.07) is 6.02. The predicted molar refractivity (Wildman–Crippen MR) is 66.4 cm³/mol. The zero-order chi connectivity index (χ0) is 12.7. The summed E-state index contributed by atoms with van der Waals surface area (Å²) >= 11 is 1.36. The van der Waals surface area contributed by atoms with Crippen molar-refractivity contribution in [1.82, 2.24) is 5.32 Å². The number of aliphatic hydroxyl groups is 1. The molecule has 0 spiro atoms. The van der Waals surface area contributed by atoms with Crippen LogP contribution in [0.1, 0.15) is 6.92 Å². The average Bonchev–Trinajstić information content (AvgIpc) is 2.35. The highest BCUT2D eigenvalue weighted by Gasteiger charge is 2.05. The number of hydrogen-bond donors (Lipinski definition) is 2. The van der Waals surface area contributed by atoms with E-state index in [-0.39, 0.29) is 24.2 Å². The van der Waals surface area contributed by atoms with Gasteiger partial charge in [-0.25, -0.2) is 4.39 Å². The van der Waals surface area contributed by atoms with E-state index >= 15 is 0 Å². The zero-order valence-corrected chi connectivity index (χ0v) is 10.5. The molecule has 2 N–H and O–H groups in total. The van der Waals surface area contributed by atoms with E-state index in [4.69, 9.17) is 5.11 Å². The molecule has 0 radical (unpaired) electrons. The Morgan fingerprint density at radius 1 is 1.47 bits per heavy atom. The van der Waals surface area contributed by atoms with Crippen molar-refractivity contribution in [1.29, 1.82) is 0 Å². The van der Waals surface area contributed by atoms with Crippen LogP contribution in [-0.2, 0) is 4.79 Å². The second kappa shape index (κ2) is 7.29. The minimum atomic E-state index is -0.282. The second-order valence-corrected chi connectivity index (χ2v) is 4.88. The minimum Gasteiger partial charge on any atom is -0.396 e. The Kier molecular flexibility index (Phi) is 6.00. The Bertz CT molecular complexity index is 356. The molecule has 1 unspecified atom stereocenters. The minimum absolute atomic E-state index is 0.0609. The van der Waals surface area contributed by atoms with Crippen LogP contribution in [0.25, 0.3) is 0 Å². The molecule has 0 aliphatic carbocycles. The van der Waals surface area contributed by atoms with Gasteiger partial charge in [-0.2, -0.15) is 0 Å². The van der Waals surface area contributed by atoms with E-state index in [0.29, 0.717) is 12.3 Å². The summed E-state index contributed by atoms with van der Waals surface area (Å²) in [4.78, 5) is 12.3. The van der Waals surface area contributed by atoms with Crippen LogP contribution in [0.4, 0.5) is 4.39 Å². The molecule has 5 heteroatoms. The van der Waals surface area contributed by atoms with Crippen LogP contribution in [-0.4, -0.2) is 29.9 Å². The van der Waals surface area contributed by atoms with Crippen LogP contribution in [0.5, 0.6) is 0 Å². The first-order valence-electron chi connectivity index (χ1n) is 5.37. The maximum Gasteiger partial charge on any atom is 0.230 e. The van der Waals surface area contributed by atoms with Gasteiger partial charge in [-0.3, -0.25) is 4.79 Å². The SMILES string of the molecule is CC(CO)CNC(=O)CSc1ccc(F)cc1. The zero-order valence-electron chi connectivity index (χ0n) is 9.65. The number of hydrogen-bond acceptors (Lipinski definition) is 3. The van der Waals surface area contributed by atoms with E-state index in [1.54, 1.807) is 12.1 Å². The highest BCUT2D eigenvalue weighted by Crippen LogP contribution is 2.17. The number of carbonyl (C=O) groups excluding carboxylic acids is 1. The molecular formula is C12H16FNO2S. The standard InChI is InChI=1S/C12H16FNO2S/c1-9(7-15)6-14-12(16)8-17-11-4-2-10(13)3-5-11/h2-5,9,15H,6-8H2,1H3,(H,14,16). The molecular weight excluding hydrogens is 241 g/mol. The molecule has 1 aromatic rings. The summed E-state index contributed by atoms with van der Waals surface area (Å²) in [7, 11) is 0. The fourth-order valence-corrected chi connectivity index (χ4v) is 1.81. The quantitative estimate of drug-likeness (QED) is 0.762. The first-order chi connectivity index (χ1) is 8.11. The Balaban J connectivity index is 2.26. The lowest BCUT2D eigenvalue weighted by Gasteiger charge is -2.09. The van der Waals surface area contributed by atoms with Gasteiger partial charge in [0.25, 0.3) is 0 Å². The fourth-order valence-electron chi connectivity index (χ4n) is 1.08. The number of benzene rings is 1. The number of carbonyl (C=O) groups is 1. The van der Waals surface area contributed by atoms with E-state index in [9.17, 15) is 9.18 Å². The van der Waals surface area contributed by atoms with E-state index in [1.165, 1.54) is 23.9 Å². The van der Waals surface area contributed by atoms with Crippen LogP contribution in [0, 0.1) is 11.7 Å². The molecule has 94 valence electrons. The lowest BCUT2D eigenvalue weighted by atomic mass is 10.2. The van der Waals surface area contributed by atoms with Crippen molar-refractivity contribution < 1.29 is 14.3 Å². The molecule has 0 fully saturated rings. The molecule has 0 heterocycles. The Hall–Kier alpha value is -1.07. The average molecular weight is 257 g/mol. The summed E-state index contributed by atoms with van der Waals surface area (Å²) in [6.07, 6.45) is 0. The van der Waals surface area contributed by atoms with Crippen molar-refractivity contribution in [2.75, 3.05) is 18.9 Å². The van der Waals surface area contributed by atoms with Crippen LogP contribution in [0.3, 0.4) is 0 Å². The summed E-state index contributed by atoms with van der Waals surface area (Å²) in [5.41, 5.74) is 0. The number of nitrogens with one attached hydrogen (secondary N) is 1. The van der Waals surface area contributed by atoms with Crippen LogP contribution in [0.2, 0.25) is 0 Å². The first kappa shape index (κ1) is 14.0. The maximum atomic E-state index is 12.6. The van der Waals surface area contributed by atoms with Crippen molar-refractivity contribution in [2.45, 2.75) is 11.8 Å². The summed E-state index contributed by atoms with van der Waals surface area (Å²) in [6.45, 7) is 2.39. The highest BCUT2D eigenvalue weighted by atomic mass is 32.2. The van der Waals surface area contributed by atoms with Gasteiger partial charge in [0, 0.05) is 18.0 Å². The molecule has 0 saturated heterocycles. The monoisotopic (exact) mass is 257 g/mol. The normalized spacial score (nSPS) is 12.2. The third kappa shape index (κ3) is 5.70. The van der Waals surface area contributed by atoms with Gasteiger partial charge in [0.1, 0.15) is 5.82 Å². The predicted octanol–water partition coefficient (Wildman–Crippen LogP) is 1.66. The molecule has 17 heavy (non-hydrogen) atoms. The number of amides is 1. The van der Waals surface area contributed by atoms with Crippen molar-refractivity contribution in [2.24, 2.45) is 5.92 Å². The lowest BCUT2D eigenvalue weighted by Crippen LogP contribution is -2.30. The topological polar surface area (TPSA) is 49.3 Å². The molecule has 0 saturated carbocycles. The smallest absolute Gasteiger partial charge is 0.230 e. The van der Waals surface area contributed by atoms with Gasteiger partial charge in [0.05, 0.1) is 5.75 Å². The van der Waals surface area contributed by atoms with Gasteiger partial charge in [0.15, 0.2) is 0 Å². The Labute approximate surface area is 104 Å². The Morgan fingerprint density at radius 3 is 2.71 bits per heavy atom. The van der Waals surface area contributed by atoms with Crippen LogP contribution in [0.15, 0.2) is 29.2 Å². The second-order valence-electron chi connectivity index (χ2n) is 3.83. The summed E-state index contributed by atoms with van der Waals surface area (Å²) in [5, 5.41) is 11.5. The third-order valence-corrected chi connectivity index (χ3v) is 3.15. The van der Waals surface area contributed by atoms with Gasteiger partial charge in [-0.05, 0) is 30.2 Å². The molecule has 0 aliphatic rings. The first-order valence-corrected chi connectivity index (χ1v) is 6.36. The molecule has 0 aliphatic heterocycles. The fraction of sp³-hybridized carbons (Fsp3) is 0.417. The maximum absolute atomic E-state index is 12.6. The van der Waals surface area contributed by atoms with E-state index in [0.717, 1.165) is 4.90 Å². The number of thioether (sulfide) groups is 1. The summed E-state index contributed by atoms with van der Waals surface area (Å²) < 4.78 is 12.6.